The number of halogens is 3. The monoisotopic (exact) mass is 373 g/mol. The van der Waals surface area contributed by atoms with Crippen molar-refractivity contribution in [2.45, 2.75) is 26.3 Å². The maximum Gasteiger partial charge on any atom is 0.422 e. The van der Waals surface area contributed by atoms with E-state index < -0.39 is 19.0 Å². The van der Waals surface area contributed by atoms with E-state index >= 15 is 0 Å². The fraction of sp³-hybridized carbons (Fsp3) is 0.429. The molecule has 12 heteroatoms. The number of fused-ring (bicyclic) bond motifs is 1. The van der Waals surface area contributed by atoms with E-state index in [0.29, 0.717) is 6.61 Å². The molecule has 0 radical (unpaired) electrons. The molecule has 0 aromatic carbocycles. The van der Waals surface area contributed by atoms with E-state index in [9.17, 15) is 13.2 Å². The first-order valence-corrected chi connectivity index (χ1v) is 7.52. The molecule has 0 aliphatic carbocycles. The highest BCUT2D eigenvalue weighted by atomic mass is 19.4. The standard InChI is InChI=1S/C14H18F3N7O2/c1-3-25-8(2)20-5-9(4-18)10-11(26-6-14(15,16)17)12-22-13(19)23-24(12)7-21-10/h4-5,7-8H,3,6,18H2,1-2H3,(H2,19,23)/b9-4+,20-5+. The summed E-state index contributed by atoms with van der Waals surface area (Å²) in [5.74, 6) is -0.404. The van der Waals surface area contributed by atoms with Crippen LogP contribution in [0.4, 0.5) is 19.1 Å². The van der Waals surface area contributed by atoms with Gasteiger partial charge in [-0.3, -0.25) is 4.99 Å². The second-order valence-electron chi connectivity index (χ2n) is 5.02. The maximum absolute atomic E-state index is 12.6. The SMILES string of the molecule is CCOC(C)/N=C/C(=C\N)c1ncn2nc(N)nc2c1OCC(F)(F)F. The summed E-state index contributed by atoms with van der Waals surface area (Å²) in [6, 6.07) is 0. The van der Waals surface area contributed by atoms with Crippen LogP contribution in [0.25, 0.3) is 11.2 Å². The summed E-state index contributed by atoms with van der Waals surface area (Å²) in [5, 5.41) is 3.80. The van der Waals surface area contributed by atoms with Gasteiger partial charge in [-0.25, -0.2) is 4.98 Å². The van der Waals surface area contributed by atoms with Gasteiger partial charge in [0.2, 0.25) is 11.6 Å². The molecule has 0 amide bonds. The maximum atomic E-state index is 12.6. The van der Waals surface area contributed by atoms with E-state index in [0.717, 1.165) is 10.7 Å². The van der Waals surface area contributed by atoms with Gasteiger partial charge in [-0.1, -0.05) is 0 Å². The van der Waals surface area contributed by atoms with Gasteiger partial charge in [-0.2, -0.15) is 22.7 Å². The van der Waals surface area contributed by atoms with Gasteiger partial charge in [0.05, 0.1) is 0 Å². The number of nitrogen functional groups attached to an aromatic ring is 1. The highest BCUT2D eigenvalue weighted by Gasteiger charge is 2.30. The van der Waals surface area contributed by atoms with Gasteiger partial charge in [0.15, 0.2) is 12.4 Å². The molecule has 2 rings (SSSR count). The van der Waals surface area contributed by atoms with E-state index in [1.54, 1.807) is 13.8 Å². The largest absolute Gasteiger partial charge is 0.478 e. The van der Waals surface area contributed by atoms with Crippen molar-refractivity contribution in [1.82, 2.24) is 19.6 Å². The van der Waals surface area contributed by atoms with Crippen molar-refractivity contribution in [3.63, 3.8) is 0 Å². The second-order valence-corrected chi connectivity index (χ2v) is 5.02. The van der Waals surface area contributed by atoms with E-state index in [2.05, 4.69) is 20.1 Å². The van der Waals surface area contributed by atoms with Crippen molar-refractivity contribution in [2.24, 2.45) is 10.7 Å². The van der Waals surface area contributed by atoms with E-state index in [-0.39, 0.29) is 28.6 Å². The smallest absolute Gasteiger partial charge is 0.422 e. The van der Waals surface area contributed by atoms with Gasteiger partial charge >= 0.3 is 6.18 Å². The van der Waals surface area contributed by atoms with Crippen molar-refractivity contribution in [3.8, 4) is 5.75 Å². The van der Waals surface area contributed by atoms with Crippen LogP contribution < -0.4 is 16.2 Å². The summed E-state index contributed by atoms with van der Waals surface area (Å²) in [4.78, 5) is 12.0. The van der Waals surface area contributed by atoms with Crippen molar-refractivity contribution < 1.29 is 22.6 Å². The van der Waals surface area contributed by atoms with E-state index in [4.69, 9.17) is 20.9 Å². The Kier molecular flexibility index (Phi) is 5.97. The zero-order chi connectivity index (χ0) is 19.3. The summed E-state index contributed by atoms with van der Waals surface area (Å²) in [6.45, 7) is 2.41. The Balaban J connectivity index is 2.46. The Morgan fingerprint density at radius 1 is 1.46 bits per heavy atom. The van der Waals surface area contributed by atoms with Crippen LogP contribution in [0.1, 0.15) is 19.5 Å². The van der Waals surface area contributed by atoms with Crippen molar-refractivity contribution in [2.75, 3.05) is 18.9 Å². The van der Waals surface area contributed by atoms with Crippen LogP contribution in [0.15, 0.2) is 17.5 Å². The van der Waals surface area contributed by atoms with Crippen LogP contribution in [0.5, 0.6) is 5.75 Å². The van der Waals surface area contributed by atoms with Gasteiger partial charge in [-0.15, -0.1) is 5.10 Å². The fourth-order valence-electron chi connectivity index (χ4n) is 2.00. The molecule has 9 nitrogen and oxygen atoms in total. The third-order valence-corrected chi connectivity index (χ3v) is 3.03. The molecule has 0 aliphatic rings. The Hall–Kier alpha value is -2.89. The summed E-state index contributed by atoms with van der Waals surface area (Å²) in [6.07, 6.45) is -1.32. The molecule has 0 aliphatic heterocycles. The number of alkyl halides is 3. The van der Waals surface area contributed by atoms with Gasteiger partial charge < -0.3 is 20.9 Å². The fourth-order valence-corrected chi connectivity index (χ4v) is 2.00. The summed E-state index contributed by atoms with van der Waals surface area (Å²) < 4.78 is 49.1. The quantitative estimate of drug-likeness (QED) is 0.703. The van der Waals surface area contributed by atoms with Gasteiger partial charge in [0.25, 0.3) is 0 Å². The second kappa shape index (κ2) is 7.99. The average molecular weight is 373 g/mol. The topological polar surface area (TPSA) is 126 Å². The van der Waals surface area contributed by atoms with Crippen LogP contribution in [0.2, 0.25) is 0 Å². The lowest BCUT2D eigenvalue weighted by atomic mass is 10.2. The molecule has 2 aromatic rings. The first kappa shape index (κ1) is 19.4. The molecule has 0 saturated carbocycles. The van der Waals surface area contributed by atoms with Gasteiger partial charge in [0.1, 0.15) is 18.2 Å². The zero-order valence-electron chi connectivity index (χ0n) is 14.1. The first-order valence-electron chi connectivity index (χ1n) is 7.52. The molecule has 2 aromatic heterocycles. The minimum Gasteiger partial charge on any atom is -0.478 e. The molecule has 0 bridgehead atoms. The number of anilines is 1. The normalized spacial score (nSPS) is 14.3. The Labute approximate surface area is 146 Å². The summed E-state index contributed by atoms with van der Waals surface area (Å²) >= 11 is 0. The van der Waals surface area contributed by atoms with Crippen LogP contribution in [-0.4, -0.2) is 51.4 Å². The van der Waals surface area contributed by atoms with E-state index in [1.165, 1.54) is 12.5 Å². The molecule has 0 saturated heterocycles. The number of aromatic nitrogens is 4. The number of nitrogens with two attached hydrogens (primary N) is 2. The highest BCUT2D eigenvalue weighted by Crippen LogP contribution is 2.29. The number of rotatable bonds is 7. The molecule has 4 N–H and O–H groups in total. The lowest BCUT2D eigenvalue weighted by molar-refractivity contribution is -0.153. The zero-order valence-corrected chi connectivity index (χ0v) is 14.1. The van der Waals surface area contributed by atoms with E-state index in [1.807, 2.05) is 0 Å². The van der Waals surface area contributed by atoms with Crippen LogP contribution in [0, 0.1) is 0 Å². The minimum absolute atomic E-state index is 0.0177. The summed E-state index contributed by atoms with van der Waals surface area (Å²) in [7, 11) is 0. The number of hydrogen-bond donors (Lipinski definition) is 2. The van der Waals surface area contributed by atoms with Crippen molar-refractivity contribution >= 4 is 23.4 Å². The third-order valence-electron chi connectivity index (χ3n) is 3.03. The molecule has 2 heterocycles. The number of hydrogen-bond acceptors (Lipinski definition) is 8. The van der Waals surface area contributed by atoms with Crippen molar-refractivity contribution in [3.05, 3.63) is 18.2 Å². The first-order chi connectivity index (χ1) is 12.2. The molecule has 0 spiro atoms. The molecular weight excluding hydrogens is 355 g/mol. The molecule has 1 unspecified atom stereocenters. The van der Waals surface area contributed by atoms with Gasteiger partial charge in [-0.05, 0) is 13.8 Å². The third kappa shape index (κ3) is 4.81. The van der Waals surface area contributed by atoms with Crippen LogP contribution >= 0.6 is 0 Å². The summed E-state index contributed by atoms with van der Waals surface area (Å²) in [5.41, 5.74) is 11.3. The predicted octanol–water partition coefficient (Wildman–Crippen LogP) is 1.40. The van der Waals surface area contributed by atoms with Crippen molar-refractivity contribution in [1.29, 1.82) is 0 Å². The number of nitrogens with zero attached hydrogens (tertiary/aromatic N) is 5. The minimum atomic E-state index is -4.56. The van der Waals surface area contributed by atoms with Gasteiger partial charge in [0, 0.05) is 24.6 Å². The van der Waals surface area contributed by atoms with Crippen LogP contribution in [-0.2, 0) is 4.74 Å². The lowest BCUT2D eigenvalue weighted by Crippen LogP contribution is -2.20. The Morgan fingerprint density at radius 3 is 2.81 bits per heavy atom. The molecule has 26 heavy (non-hydrogen) atoms. The molecule has 0 fully saturated rings. The molecule has 1 atom stereocenters. The highest BCUT2D eigenvalue weighted by molar-refractivity contribution is 6.10. The number of allylic oxidation sites excluding steroid dienone is 1. The Morgan fingerprint density at radius 2 is 2.19 bits per heavy atom. The average Bonchev–Trinajstić information content (AvgIpc) is 2.93. The molecule has 142 valence electrons. The Bertz CT molecular complexity index is 817. The number of ether oxygens (including phenoxy) is 2. The number of aliphatic imine (C=N–C) groups is 1. The van der Waals surface area contributed by atoms with Crippen LogP contribution in [0.3, 0.4) is 0 Å². The predicted molar refractivity (Wildman–Crippen MR) is 88.5 cm³/mol. The molecular formula is C14H18F3N7O2. The lowest BCUT2D eigenvalue weighted by Gasteiger charge is -2.13.